The summed E-state index contributed by atoms with van der Waals surface area (Å²) in [5.74, 6) is -0.156. The summed E-state index contributed by atoms with van der Waals surface area (Å²) in [4.78, 5) is 0. The smallest absolute Gasteiger partial charge is 0.165 e. The van der Waals surface area contributed by atoms with E-state index in [4.69, 9.17) is 0 Å². The molecule has 3 nitrogen and oxygen atoms in total. The standard InChI is InChI=1S/C10H14FNO2S/c1-2-8-15(13,14)12(11)9-10-6-4-3-5-7-10/h3-7H,2,8-9H2,1H3/q+1. The Morgan fingerprint density at radius 3 is 2.40 bits per heavy atom. The fraction of sp³-hybridized carbons (Fsp3) is 0.400. The van der Waals surface area contributed by atoms with Gasteiger partial charge >= 0.3 is 10.0 Å². The predicted molar refractivity (Wildman–Crippen MR) is 57.5 cm³/mol. The molecule has 0 saturated heterocycles. The third kappa shape index (κ3) is 3.60. The molecular weight excluding hydrogens is 217 g/mol. The molecule has 0 saturated carbocycles. The Kier molecular flexibility index (Phi) is 4.23. The van der Waals surface area contributed by atoms with Gasteiger partial charge in [-0.1, -0.05) is 37.3 Å². The van der Waals surface area contributed by atoms with Gasteiger partial charge < -0.3 is 0 Å². The second-order valence-corrected chi connectivity index (χ2v) is 5.22. The van der Waals surface area contributed by atoms with Gasteiger partial charge in [0.15, 0.2) is 4.53 Å². The molecule has 0 aliphatic rings. The molecule has 0 fully saturated rings. The summed E-state index contributed by atoms with van der Waals surface area (Å²) in [6, 6.07) is 8.67. The monoisotopic (exact) mass is 231 g/mol. The van der Waals surface area contributed by atoms with Crippen LogP contribution in [0.2, 0.25) is 0 Å². The fourth-order valence-electron chi connectivity index (χ4n) is 1.18. The summed E-state index contributed by atoms with van der Waals surface area (Å²) in [5.41, 5.74) is 0.639. The number of halogens is 1. The summed E-state index contributed by atoms with van der Waals surface area (Å²) in [6.45, 7) is 1.48. The lowest BCUT2D eigenvalue weighted by atomic mass is 10.2. The third-order valence-electron chi connectivity index (χ3n) is 1.91. The fourth-order valence-corrected chi connectivity index (χ4v) is 2.24. The van der Waals surface area contributed by atoms with Crippen LogP contribution in [0, 0.1) is 0 Å². The van der Waals surface area contributed by atoms with Crippen molar-refractivity contribution in [3.05, 3.63) is 35.9 Å². The molecule has 1 aromatic rings. The number of hydrogen-bond acceptors (Lipinski definition) is 2. The van der Waals surface area contributed by atoms with Crippen molar-refractivity contribution in [3.63, 3.8) is 0 Å². The van der Waals surface area contributed by atoms with Crippen LogP contribution in [0.3, 0.4) is 0 Å². The van der Waals surface area contributed by atoms with E-state index < -0.39 is 10.0 Å². The van der Waals surface area contributed by atoms with Gasteiger partial charge in [-0.25, -0.2) is 0 Å². The highest BCUT2D eigenvalue weighted by atomic mass is 32.2. The highest BCUT2D eigenvalue weighted by Crippen LogP contribution is 2.07. The predicted octanol–water partition coefficient (Wildman–Crippen LogP) is 1.95. The van der Waals surface area contributed by atoms with Gasteiger partial charge in [0, 0.05) is 5.56 Å². The lowest BCUT2D eigenvalue weighted by Gasteiger charge is -1.99. The van der Waals surface area contributed by atoms with E-state index in [0.717, 1.165) is 0 Å². The number of benzene rings is 1. The largest absolute Gasteiger partial charge is 0.382 e. The van der Waals surface area contributed by atoms with Gasteiger partial charge in [0.25, 0.3) is 0 Å². The van der Waals surface area contributed by atoms with Gasteiger partial charge in [0.05, 0.1) is 4.48 Å². The molecule has 0 aliphatic carbocycles. The normalized spacial score (nSPS) is 11.9. The maximum absolute atomic E-state index is 13.3. The Labute approximate surface area is 89.5 Å². The van der Waals surface area contributed by atoms with E-state index in [9.17, 15) is 12.9 Å². The molecule has 0 spiro atoms. The van der Waals surface area contributed by atoms with Crippen LogP contribution in [-0.2, 0) is 16.6 Å². The Bertz CT molecular complexity index is 391. The van der Waals surface area contributed by atoms with Gasteiger partial charge in [0.1, 0.15) is 5.75 Å². The molecule has 0 atom stereocenters. The van der Waals surface area contributed by atoms with Crippen molar-refractivity contribution in [2.24, 2.45) is 0 Å². The molecule has 0 aromatic heterocycles. The van der Waals surface area contributed by atoms with E-state index >= 15 is 0 Å². The third-order valence-corrected chi connectivity index (χ3v) is 3.57. The second-order valence-electron chi connectivity index (χ2n) is 3.25. The number of sulfonamides is 1. The molecule has 0 N–H and O–H groups in total. The first kappa shape index (κ1) is 12.1. The van der Waals surface area contributed by atoms with Gasteiger partial charge in [-0.15, -0.1) is 0 Å². The van der Waals surface area contributed by atoms with E-state index in [2.05, 4.69) is 0 Å². The Morgan fingerprint density at radius 1 is 1.27 bits per heavy atom. The van der Waals surface area contributed by atoms with Crippen LogP contribution in [-0.4, -0.2) is 14.2 Å². The first-order valence-corrected chi connectivity index (χ1v) is 6.37. The maximum Gasteiger partial charge on any atom is 0.382 e. The lowest BCUT2D eigenvalue weighted by molar-refractivity contribution is 0.242. The summed E-state index contributed by atoms with van der Waals surface area (Å²) >= 11 is 0. The van der Waals surface area contributed by atoms with Gasteiger partial charge in [0.2, 0.25) is 6.54 Å². The van der Waals surface area contributed by atoms with E-state index in [1.807, 2.05) is 0 Å². The zero-order valence-electron chi connectivity index (χ0n) is 8.56. The molecule has 0 bridgehead atoms. The first-order chi connectivity index (χ1) is 7.06. The number of nitrogens with zero attached hydrogens (tertiary/aromatic N) is 1. The SMILES string of the molecule is CCCS(=O)(=O)[N+](F)Cc1ccccc1. The average molecular weight is 231 g/mol. The van der Waals surface area contributed by atoms with Crippen LogP contribution in [0.1, 0.15) is 18.9 Å². The van der Waals surface area contributed by atoms with E-state index in [1.165, 1.54) is 0 Å². The molecule has 0 unspecified atom stereocenters. The molecule has 1 rings (SSSR count). The van der Waals surface area contributed by atoms with Crippen molar-refractivity contribution >= 4 is 10.0 Å². The van der Waals surface area contributed by atoms with Crippen molar-refractivity contribution < 1.29 is 12.9 Å². The van der Waals surface area contributed by atoms with Gasteiger partial charge in [-0.3, -0.25) is 0 Å². The Balaban J connectivity index is 2.68. The highest BCUT2D eigenvalue weighted by molar-refractivity contribution is 7.89. The minimum absolute atomic E-state index is 0.0914. The van der Waals surface area contributed by atoms with Crippen LogP contribution >= 0.6 is 0 Å². The molecule has 0 amide bonds. The second kappa shape index (κ2) is 5.23. The summed E-state index contributed by atoms with van der Waals surface area (Å²) < 4.78 is 35.8. The Hall–Kier alpha value is -0.940. The summed E-state index contributed by atoms with van der Waals surface area (Å²) in [5, 5.41) is 0. The van der Waals surface area contributed by atoms with E-state index in [1.54, 1.807) is 37.3 Å². The Morgan fingerprint density at radius 2 is 1.87 bits per heavy atom. The van der Waals surface area contributed by atoms with Crippen LogP contribution in [0.15, 0.2) is 30.3 Å². The zero-order chi connectivity index (χ0) is 11.3. The summed E-state index contributed by atoms with van der Waals surface area (Å²) in [7, 11) is -3.74. The molecular formula is C10H14FNO2S+. The van der Waals surface area contributed by atoms with Gasteiger partial charge in [-0.2, -0.15) is 8.42 Å². The number of rotatable bonds is 5. The molecule has 1 radical (unpaired) electrons. The van der Waals surface area contributed by atoms with Crippen molar-refractivity contribution in [3.8, 4) is 0 Å². The van der Waals surface area contributed by atoms with Crippen LogP contribution in [0.25, 0.3) is 0 Å². The average Bonchev–Trinajstić information content (AvgIpc) is 2.19. The molecule has 1 aromatic carbocycles. The number of hydrogen-bond donors (Lipinski definition) is 0. The van der Waals surface area contributed by atoms with Gasteiger partial charge in [-0.05, 0) is 6.42 Å². The molecule has 5 heteroatoms. The summed E-state index contributed by atoms with van der Waals surface area (Å²) in [6.07, 6.45) is 0.414. The van der Waals surface area contributed by atoms with Crippen LogP contribution < -0.4 is 4.53 Å². The molecule has 0 aliphatic heterocycles. The first-order valence-electron chi connectivity index (χ1n) is 4.76. The van der Waals surface area contributed by atoms with Crippen LogP contribution in [0.4, 0.5) is 4.48 Å². The van der Waals surface area contributed by atoms with Crippen LogP contribution in [0.5, 0.6) is 0 Å². The van der Waals surface area contributed by atoms with E-state index in [0.29, 0.717) is 12.0 Å². The van der Waals surface area contributed by atoms with Crippen molar-refractivity contribution in [1.82, 2.24) is 4.53 Å². The molecule has 15 heavy (non-hydrogen) atoms. The topological polar surface area (TPSA) is 40.0 Å². The van der Waals surface area contributed by atoms with E-state index in [-0.39, 0.29) is 16.8 Å². The van der Waals surface area contributed by atoms with Crippen molar-refractivity contribution in [2.75, 3.05) is 5.75 Å². The molecule has 0 heterocycles. The highest BCUT2D eigenvalue weighted by Gasteiger charge is 2.33. The maximum atomic E-state index is 13.3. The quantitative estimate of drug-likeness (QED) is 0.727. The lowest BCUT2D eigenvalue weighted by Crippen LogP contribution is -2.30. The van der Waals surface area contributed by atoms with Crippen molar-refractivity contribution in [1.29, 1.82) is 0 Å². The van der Waals surface area contributed by atoms with Crippen molar-refractivity contribution in [2.45, 2.75) is 19.9 Å². The minimum Gasteiger partial charge on any atom is -0.165 e. The minimum atomic E-state index is -3.74. The molecule has 83 valence electrons. The zero-order valence-corrected chi connectivity index (χ0v) is 9.37.